The lowest BCUT2D eigenvalue weighted by Crippen LogP contribution is -2.48. The number of aromatic nitrogens is 3. The smallest absolute Gasteiger partial charge is 0.199 e. The molecular weight excluding hydrogens is 348 g/mol. The fourth-order valence-electron chi connectivity index (χ4n) is 3.58. The predicted octanol–water partition coefficient (Wildman–Crippen LogP) is 3.02. The minimum Gasteiger partial charge on any atom is -0.301 e. The maximum atomic E-state index is 14.7. The van der Waals surface area contributed by atoms with E-state index in [0.717, 1.165) is 31.6 Å². The lowest BCUT2D eigenvalue weighted by molar-refractivity contribution is 0.102. The van der Waals surface area contributed by atoms with E-state index in [4.69, 9.17) is 0 Å². The van der Waals surface area contributed by atoms with Gasteiger partial charge in [0.2, 0.25) is 0 Å². The van der Waals surface area contributed by atoms with Crippen molar-refractivity contribution in [1.82, 2.24) is 24.3 Å². The van der Waals surface area contributed by atoms with Crippen molar-refractivity contribution in [2.45, 2.75) is 26.4 Å². The van der Waals surface area contributed by atoms with Crippen LogP contribution in [0.3, 0.4) is 0 Å². The number of nitrogens with zero attached hydrogens (tertiary/aromatic N) is 5. The van der Waals surface area contributed by atoms with Crippen LogP contribution in [0.25, 0.3) is 16.7 Å². The van der Waals surface area contributed by atoms with E-state index in [1.807, 2.05) is 0 Å². The maximum Gasteiger partial charge on any atom is 0.199 e. The van der Waals surface area contributed by atoms with Crippen LogP contribution in [0, 0.1) is 18.0 Å². The van der Waals surface area contributed by atoms with E-state index in [2.05, 4.69) is 39.9 Å². The molecule has 0 unspecified atom stereocenters. The van der Waals surface area contributed by atoms with E-state index < -0.39 is 11.6 Å². The highest BCUT2D eigenvalue weighted by Crippen LogP contribution is 2.23. The van der Waals surface area contributed by atoms with Gasteiger partial charge >= 0.3 is 0 Å². The van der Waals surface area contributed by atoms with Crippen molar-refractivity contribution < 1.29 is 8.78 Å². The Morgan fingerprint density at radius 3 is 2.48 bits per heavy atom. The van der Waals surface area contributed by atoms with Gasteiger partial charge in [0.05, 0.1) is 5.69 Å². The van der Waals surface area contributed by atoms with Crippen LogP contribution in [0.5, 0.6) is 0 Å². The lowest BCUT2D eigenvalue weighted by Gasteiger charge is -2.37. The molecule has 5 nitrogen and oxygen atoms in total. The number of halogens is 2. The Labute approximate surface area is 157 Å². The summed E-state index contributed by atoms with van der Waals surface area (Å²) in [5, 5.41) is 0.793. The summed E-state index contributed by atoms with van der Waals surface area (Å²) in [4.78, 5) is 12.4. The maximum absolute atomic E-state index is 14.7. The van der Waals surface area contributed by atoms with Gasteiger partial charge in [-0.2, -0.15) is 0 Å². The summed E-state index contributed by atoms with van der Waals surface area (Å²) in [6.07, 6.45) is 5.87. The lowest BCUT2D eigenvalue weighted by atomic mass is 10.1. The van der Waals surface area contributed by atoms with Gasteiger partial charge in [-0.3, -0.25) is 9.80 Å². The molecule has 0 atom stereocenters. The third kappa shape index (κ3) is 3.57. The first-order valence-corrected chi connectivity index (χ1v) is 9.18. The Morgan fingerprint density at radius 1 is 1.11 bits per heavy atom. The highest BCUT2D eigenvalue weighted by atomic mass is 19.1. The second-order valence-electron chi connectivity index (χ2n) is 7.23. The molecule has 0 N–H and O–H groups in total. The van der Waals surface area contributed by atoms with Gasteiger partial charge < -0.3 is 4.57 Å². The molecule has 1 radical (unpaired) electrons. The van der Waals surface area contributed by atoms with Crippen LogP contribution in [0.15, 0.2) is 30.6 Å². The zero-order valence-corrected chi connectivity index (χ0v) is 15.5. The van der Waals surface area contributed by atoms with Crippen molar-refractivity contribution in [2.24, 2.45) is 0 Å². The molecule has 1 aliphatic heterocycles. The quantitative estimate of drug-likeness (QED) is 0.708. The van der Waals surface area contributed by atoms with E-state index in [0.29, 0.717) is 17.4 Å². The molecule has 0 bridgehead atoms. The van der Waals surface area contributed by atoms with Gasteiger partial charge in [0, 0.05) is 62.1 Å². The van der Waals surface area contributed by atoms with Crippen LogP contribution in [-0.4, -0.2) is 56.6 Å². The van der Waals surface area contributed by atoms with Crippen molar-refractivity contribution in [3.8, 4) is 5.69 Å². The minimum atomic E-state index is -0.531. The van der Waals surface area contributed by atoms with E-state index >= 15 is 0 Å². The Kier molecular flexibility index (Phi) is 4.88. The van der Waals surface area contributed by atoms with Crippen molar-refractivity contribution in [1.29, 1.82) is 0 Å². The normalized spacial score (nSPS) is 16.5. The number of hydrogen-bond donors (Lipinski definition) is 0. The van der Waals surface area contributed by atoms with Crippen LogP contribution in [0.4, 0.5) is 8.78 Å². The van der Waals surface area contributed by atoms with Crippen molar-refractivity contribution in [3.63, 3.8) is 0 Å². The molecule has 0 aliphatic carbocycles. The molecule has 1 fully saturated rings. The summed E-state index contributed by atoms with van der Waals surface area (Å²) in [5.41, 5.74) is 1.09. The van der Waals surface area contributed by atoms with Gasteiger partial charge in [-0.15, -0.1) is 0 Å². The first-order valence-electron chi connectivity index (χ1n) is 9.18. The monoisotopic (exact) mass is 370 g/mol. The standard InChI is InChI=1S/C20H22F2N5/c1-14(2)26-7-5-25(6-8-26)12-17-18(21)9-16(10-19(17)22)27-4-3-15-11-23-13-24-20(15)27/h3-4,9-11,14H,5-8,12H2,1-2H3. The van der Waals surface area contributed by atoms with Crippen LogP contribution in [0.1, 0.15) is 19.4 Å². The molecule has 3 aromatic rings. The Balaban J connectivity index is 1.56. The first-order chi connectivity index (χ1) is 13.0. The molecule has 3 heterocycles. The predicted molar refractivity (Wildman–Crippen MR) is 99.6 cm³/mol. The SMILES string of the molecule is CC(C)N1CCN(Cc2c(F)cc(-n3ccc4cn[c]nc43)cc2F)CC1. The molecule has 1 aromatic carbocycles. The van der Waals surface area contributed by atoms with Crippen molar-refractivity contribution in [2.75, 3.05) is 26.2 Å². The molecular formula is C20H22F2N5. The summed E-state index contributed by atoms with van der Waals surface area (Å²) in [6, 6.07) is 5.04. The van der Waals surface area contributed by atoms with Gasteiger partial charge in [-0.25, -0.2) is 18.7 Å². The average molecular weight is 370 g/mol. The average Bonchev–Trinajstić information content (AvgIpc) is 3.09. The number of benzene rings is 1. The zero-order chi connectivity index (χ0) is 19.0. The van der Waals surface area contributed by atoms with Crippen molar-refractivity contribution in [3.05, 3.63) is 54.1 Å². The number of fused-ring (bicyclic) bond motifs is 1. The summed E-state index contributed by atoms with van der Waals surface area (Å²) in [6.45, 7) is 8.09. The van der Waals surface area contributed by atoms with Gasteiger partial charge in [-0.05, 0) is 32.0 Å². The largest absolute Gasteiger partial charge is 0.301 e. The van der Waals surface area contributed by atoms with Gasteiger partial charge in [0.15, 0.2) is 6.33 Å². The minimum absolute atomic E-state index is 0.120. The molecule has 7 heteroatoms. The van der Waals surface area contributed by atoms with E-state index in [1.165, 1.54) is 12.1 Å². The second kappa shape index (κ2) is 7.32. The van der Waals surface area contributed by atoms with E-state index in [1.54, 1.807) is 23.0 Å². The zero-order valence-electron chi connectivity index (χ0n) is 15.5. The highest BCUT2D eigenvalue weighted by molar-refractivity contribution is 5.76. The number of hydrogen-bond acceptors (Lipinski definition) is 4. The fourth-order valence-corrected chi connectivity index (χ4v) is 3.58. The number of rotatable bonds is 4. The van der Waals surface area contributed by atoms with Gasteiger partial charge in [0.1, 0.15) is 17.3 Å². The van der Waals surface area contributed by atoms with Crippen molar-refractivity contribution >= 4 is 11.0 Å². The number of piperazine rings is 1. The Morgan fingerprint density at radius 2 is 1.81 bits per heavy atom. The first kappa shape index (κ1) is 18.0. The molecule has 2 aromatic heterocycles. The third-order valence-electron chi connectivity index (χ3n) is 5.23. The van der Waals surface area contributed by atoms with Crippen LogP contribution in [-0.2, 0) is 6.54 Å². The van der Waals surface area contributed by atoms with Crippen LogP contribution >= 0.6 is 0 Å². The summed E-state index contributed by atoms with van der Waals surface area (Å²) < 4.78 is 31.1. The molecule has 4 rings (SSSR count). The Bertz CT molecular complexity index is 921. The topological polar surface area (TPSA) is 37.2 Å². The highest BCUT2D eigenvalue weighted by Gasteiger charge is 2.22. The summed E-state index contributed by atoms with van der Waals surface area (Å²) in [5.74, 6) is -1.06. The molecule has 0 saturated carbocycles. The summed E-state index contributed by atoms with van der Waals surface area (Å²) in [7, 11) is 0. The third-order valence-corrected chi connectivity index (χ3v) is 5.23. The second-order valence-corrected chi connectivity index (χ2v) is 7.23. The molecule has 1 aliphatic rings. The van der Waals surface area contributed by atoms with Crippen LogP contribution in [0.2, 0.25) is 0 Å². The fraction of sp³-hybridized carbons (Fsp3) is 0.400. The summed E-state index contributed by atoms with van der Waals surface area (Å²) >= 11 is 0. The molecule has 0 amide bonds. The van der Waals surface area contributed by atoms with Gasteiger partial charge in [-0.1, -0.05) is 0 Å². The Hall–Kier alpha value is -2.38. The van der Waals surface area contributed by atoms with E-state index in [9.17, 15) is 8.78 Å². The molecule has 141 valence electrons. The molecule has 0 spiro atoms. The molecule has 27 heavy (non-hydrogen) atoms. The van der Waals surface area contributed by atoms with Gasteiger partial charge in [0.25, 0.3) is 0 Å². The molecule has 1 saturated heterocycles. The van der Waals surface area contributed by atoms with E-state index in [-0.39, 0.29) is 12.1 Å². The van der Waals surface area contributed by atoms with Crippen LogP contribution < -0.4 is 0 Å².